The molecule has 0 fully saturated rings. The number of nitrogens with zero attached hydrogens (tertiary/aromatic N) is 1. The first kappa shape index (κ1) is 13.4. The van der Waals surface area contributed by atoms with E-state index in [1.54, 1.807) is 31.3 Å². The maximum atomic E-state index is 9.52. The van der Waals surface area contributed by atoms with E-state index in [9.17, 15) is 5.11 Å². The fourth-order valence-electron chi connectivity index (χ4n) is 1.66. The van der Waals surface area contributed by atoms with Crippen molar-refractivity contribution >= 4 is 0 Å². The summed E-state index contributed by atoms with van der Waals surface area (Å²) in [5.41, 5.74) is 0.769. The van der Waals surface area contributed by atoms with Crippen LogP contribution in [0.3, 0.4) is 0 Å². The summed E-state index contributed by atoms with van der Waals surface area (Å²) in [6.45, 7) is 4.25. The third-order valence-electron chi connectivity index (χ3n) is 2.58. The Morgan fingerprint density at radius 3 is 2.74 bits per heavy atom. The van der Waals surface area contributed by atoms with Crippen LogP contribution in [0, 0.1) is 0 Å². The number of benzene rings is 1. The highest BCUT2D eigenvalue weighted by molar-refractivity contribution is 5.35. The molecule has 0 saturated heterocycles. The van der Waals surface area contributed by atoms with E-state index in [-0.39, 0.29) is 0 Å². The van der Waals surface area contributed by atoms with Crippen molar-refractivity contribution in [3.05, 3.63) is 48.2 Å². The van der Waals surface area contributed by atoms with Gasteiger partial charge in [-0.2, -0.15) is 0 Å². The second-order valence-corrected chi connectivity index (χ2v) is 4.11. The van der Waals surface area contributed by atoms with Gasteiger partial charge in [-0.3, -0.25) is 0 Å². The lowest BCUT2D eigenvalue weighted by Gasteiger charge is -2.09. The van der Waals surface area contributed by atoms with Crippen LogP contribution >= 0.6 is 0 Å². The van der Waals surface area contributed by atoms with E-state index in [0.717, 1.165) is 11.3 Å². The summed E-state index contributed by atoms with van der Waals surface area (Å²) in [6.07, 6.45) is 1.07. The van der Waals surface area contributed by atoms with Crippen molar-refractivity contribution in [2.45, 2.75) is 20.0 Å². The number of aliphatic hydroxyl groups excluding tert-OH is 1. The lowest BCUT2D eigenvalue weighted by atomic mass is 10.2. The van der Waals surface area contributed by atoms with Crippen molar-refractivity contribution in [2.24, 2.45) is 0 Å². The van der Waals surface area contributed by atoms with Gasteiger partial charge in [0.1, 0.15) is 11.5 Å². The van der Waals surface area contributed by atoms with Crippen LogP contribution in [0.2, 0.25) is 0 Å². The Morgan fingerprint density at radius 2 is 2.00 bits per heavy atom. The SMILES string of the molecule is CCOc1cccc(Oc2cc([C@@H](C)O)ccn2)c1. The average molecular weight is 259 g/mol. The minimum absolute atomic E-state index is 0.451. The van der Waals surface area contributed by atoms with Crippen LogP contribution < -0.4 is 9.47 Å². The molecule has 2 rings (SSSR count). The largest absolute Gasteiger partial charge is 0.494 e. The second-order valence-electron chi connectivity index (χ2n) is 4.11. The normalized spacial score (nSPS) is 11.9. The molecular formula is C15H17NO3. The third kappa shape index (κ3) is 3.69. The van der Waals surface area contributed by atoms with Gasteiger partial charge >= 0.3 is 0 Å². The van der Waals surface area contributed by atoms with Gasteiger partial charge in [-0.25, -0.2) is 4.98 Å². The quantitative estimate of drug-likeness (QED) is 0.894. The maximum absolute atomic E-state index is 9.52. The molecule has 4 heteroatoms. The van der Waals surface area contributed by atoms with E-state index in [4.69, 9.17) is 9.47 Å². The number of aromatic nitrogens is 1. The minimum atomic E-state index is -0.542. The summed E-state index contributed by atoms with van der Waals surface area (Å²) in [5.74, 6) is 1.86. The van der Waals surface area contributed by atoms with Gasteiger partial charge in [-0.15, -0.1) is 0 Å². The van der Waals surface area contributed by atoms with Crippen LogP contribution in [0.15, 0.2) is 42.6 Å². The molecule has 0 aliphatic heterocycles. The van der Waals surface area contributed by atoms with Crippen molar-refractivity contribution in [2.75, 3.05) is 6.61 Å². The van der Waals surface area contributed by atoms with Crippen molar-refractivity contribution in [1.29, 1.82) is 0 Å². The number of rotatable bonds is 5. The topological polar surface area (TPSA) is 51.6 Å². The van der Waals surface area contributed by atoms with Crippen LogP contribution in [0.25, 0.3) is 0 Å². The lowest BCUT2D eigenvalue weighted by molar-refractivity contribution is 0.198. The summed E-state index contributed by atoms with van der Waals surface area (Å²) in [4.78, 5) is 4.12. The van der Waals surface area contributed by atoms with E-state index in [1.807, 2.05) is 25.1 Å². The summed E-state index contributed by atoms with van der Waals surface area (Å²) < 4.78 is 11.1. The summed E-state index contributed by atoms with van der Waals surface area (Å²) in [6, 6.07) is 10.8. The Hall–Kier alpha value is -2.07. The Bertz CT molecular complexity index is 540. The van der Waals surface area contributed by atoms with Gasteiger partial charge in [-0.1, -0.05) is 6.07 Å². The highest BCUT2D eigenvalue weighted by atomic mass is 16.5. The third-order valence-corrected chi connectivity index (χ3v) is 2.58. The molecule has 0 bridgehead atoms. The number of ether oxygens (including phenoxy) is 2. The van der Waals surface area contributed by atoms with Gasteiger partial charge in [0.15, 0.2) is 0 Å². The van der Waals surface area contributed by atoms with Gasteiger partial charge < -0.3 is 14.6 Å². The fourth-order valence-corrected chi connectivity index (χ4v) is 1.66. The van der Waals surface area contributed by atoms with E-state index < -0.39 is 6.10 Å². The molecule has 0 saturated carbocycles. The highest BCUT2D eigenvalue weighted by Gasteiger charge is 2.05. The summed E-state index contributed by atoms with van der Waals surface area (Å²) in [7, 11) is 0. The van der Waals surface area contributed by atoms with Gasteiger partial charge in [0, 0.05) is 18.3 Å². The van der Waals surface area contributed by atoms with Crippen LogP contribution in [0.4, 0.5) is 0 Å². The van der Waals surface area contributed by atoms with Crippen molar-refractivity contribution in [1.82, 2.24) is 4.98 Å². The zero-order valence-corrected chi connectivity index (χ0v) is 11.0. The molecule has 0 amide bonds. The fraction of sp³-hybridized carbons (Fsp3) is 0.267. The van der Waals surface area contributed by atoms with E-state index >= 15 is 0 Å². The number of pyridine rings is 1. The van der Waals surface area contributed by atoms with Crippen molar-refractivity contribution in [3.63, 3.8) is 0 Å². The van der Waals surface area contributed by atoms with Crippen LogP contribution in [-0.4, -0.2) is 16.7 Å². The average Bonchev–Trinajstić information content (AvgIpc) is 2.40. The molecule has 0 spiro atoms. The molecule has 1 aromatic heterocycles. The van der Waals surface area contributed by atoms with Gasteiger partial charge in [0.05, 0.1) is 12.7 Å². The predicted molar refractivity (Wildman–Crippen MR) is 72.6 cm³/mol. The molecule has 0 unspecified atom stereocenters. The first-order valence-corrected chi connectivity index (χ1v) is 6.23. The zero-order valence-electron chi connectivity index (χ0n) is 11.0. The summed E-state index contributed by atoms with van der Waals surface area (Å²) in [5, 5.41) is 9.52. The first-order chi connectivity index (χ1) is 9.19. The van der Waals surface area contributed by atoms with Crippen LogP contribution in [0.5, 0.6) is 17.4 Å². The van der Waals surface area contributed by atoms with Crippen molar-refractivity contribution < 1.29 is 14.6 Å². The number of hydrogen-bond donors (Lipinski definition) is 1. The molecule has 0 radical (unpaired) electrons. The maximum Gasteiger partial charge on any atom is 0.219 e. The number of hydrogen-bond acceptors (Lipinski definition) is 4. The monoisotopic (exact) mass is 259 g/mol. The minimum Gasteiger partial charge on any atom is -0.494 e. The first-order valence-electron chi connectivity index (χ1n) is 6.23. The Morgan fingerprint density at radius 1 is 1.21 bits per heavy atom. The Kier molecular flexibility index (Phi) is 4.36. The lowest BCUT2D eigenvalue weighted by Crippen LogP contribution is -1.95. The summed E-state index contributed by atoms with van der Waals surface area (Å²) >= 11 is 0. The molecule has 0 aliphatic rings. The van der Waals surface area contributed by atoms with Gasteiger partial charge in [0.2, 0.25) is 5.88 Å². The zero-order chi connectivity index (χ0) is 13.7. The molecule has 1 heterocycles. The smallest absolute Gasteiger partial charge is 0.219 e. The van der Waals surface area contributed by atoms with Crippen LogP contribution in [-0.2, 0) is 0 Å². The second kappa shape index (κ2) is 6.20. The molecule has 4 nitrogen and oxygen atoms in total. The molecular weight excluding hydrogens is 242 g/mol. The Balaban J connectivity index is 2.16. The number of aliphatic hydroxyl groups is 1. The molecule has 2 aromatic rings. The van der Waals surface area contributed by atoms with Crippen molar-refractivity contribution in [3.8, 4) is 17.4 Å². The Labute approximate surface area is 112 Å². The molecule has 0 aliphatic carbocycles. The highest BCUT2D eigenvalue weighted by Crippen LogP contribution is 2.25. The molecule has 1 aromatic carbocycles. The molecule has 100 valence electrons. The van der Waals surface area contributed by atoms with E-state index in [1.165, 1.54) is 0 Å². The van der Waals surface area contributed by atoms with E-state index in [2.05, 4.69) is 4.98 Å². The van der Waals surface area contributed by atoms with E-state index in [0.29, 0.717) is 18.2 Å². The van der Waals surface area contributed by atoms with Gasteiger partial charge in [-0.05, 0) is 37.6 Å². The standard InChI is InChI=1S/C15H17NO3/c1-3-18-13-5-4-6-14(10-13)19-15-9-12(11(2)17)7-8-16-15/h4-11,17H,3H2,1-2H3/t11-/m1/s1. The predicted octanol–water partition coefficient (Wildman–Crippen LogP) is 3.33. The van der Waals surface area contributed by atoms with Gasteiger partial charge in [0.25, 0.3) is 0 Å². The van der Waals surface area contributed by atoms with Crippen LogP contribution in [0.1, 0.15) is 25.5 Å². The molecule has 1 N–H and O–H groups in total. The molecule has 19 heavy (non-hydrogen) atoms. The molecule has 1 atom stereocenters.